The molecule has 0 atom stereocenters. The summed E-state index contributed by atoms with van der Waals surface area (Å²) in [5.41, 5.74) is 3.05. The monoisotopic (exact) mass is 271 g/mol. The maximum Gasteiger partial charge on any atom is 0.160 e. The molecule has 0 aliphatic rings. The van der Waals surface area contributed by atoms with Gasteiger partial charge in [-0.15, -0.1) is 0 Å². The lowest BCUT2D eigenvalue weighted by Gasteiger charge is -2.06. The average molecular weight is 271 g/mol. The molecule has 2 heterocycles. The smallest absolute Gasteiger partial charge is 0.160 e. The average Bonchev–Trinajstić information content (AvgIpc) is 2.91. The molecule has 0 saturated heterocycles. The zero-order valence-corrected chi connectivity index (χ0v) is 11.2. The molecule has 0 saturated carbocycles. The van der Waals surface area contributed by atoms with Crippen LogP contribution in [0.25, 0.3) is 11.0 Å². The van der Waals surface area contributed by atoms with E-state index < -0.39 is 0 Å². The minimum atomic E-state index is 0.733. The summed E-state index contributed by atoms with van der Waals surface area (Å²) in [4.78, 5) is 8.36. The molecule has 2 aromatic heterocycles. The van der Waals surface area contributed by atoms with Crippen molar-refractivity contribution in [2.45, 2.75) is 5.75 Å². The van der Waals surface area contributed by atoms with Gasteiger partial charge in [0.1, 0.15) is 12.1 Å². The number of rotatable bonds is 4. The van der Waals surface area contributed by atoms with Gasteiger partial charge in [-0.3, -0.25) is 5.10 Å². The Morgan fingerprint density at radius 3 is 2.84 bits per heavy atom. The first kappa shape index (κ1) is 12.0. The number of aromatic nitrogens is 4. The summed E-state index contributed by atoms with van der Waals surface area (Å²) in [7, 11) is 0. The third-order valence-corrected chi connectivity index (χ3v) is 3.40. The topological polar surface area (TPSA) is 66.5 Å². The molecule has 0 fully saturated rings. The molecule has 19 heavy (non-hydrogen) atoms. The molecule has 0 radical (unpaired) electrons. The van der Waals surface area contributed by atoms with Crippen LogP contribution in [0.2, 0.25) is 0 Å². The van der Waals surface area contributed by atoms with Gasteiger partial charge < -0.3 is 5.32 Å². The van der Waals surface area contributed by atoms with E-state index in [-0.39, 0.29) is 0 Å². The zero-order chi connectivity index (χ0) is 13.1. The number of aromatic amines is 1. The molecule has 0 aliphatic carbocycles. The molecule has 0 amide bonds. The van der Waals surface area contributed by atoms with Crippen LogP contribution in [-0.4, -0.2) is 26.4 Å². The summed E-state index contributed by atoms with van der Waals surface area (Å²) in [5, 5.41) is 11.0. The van der Waals surface area contributed by atoms with E-state index >= 15 is 0 Å². The summed E-state index contributed by atoms with van der Waals surface area (Å²) in [6.45, 7) is 0. The minimum absolute atomic E-state index is 0.733. The van der Waals surface area contributed by atoms with Crippen molar-refractivity contribution in [1.82, 2.24) is 20.2 Å². The fraction of sp³-hybridized carbons (Fsp3) is 0.154. The number of benzene rings is 1. The Labute approximate surface area is 114 Å². The van der Waals surface area contributed by atoms with Gasteiger partial charge in [-0.2, -0.15) is 16.9 Å². The molecule has 3 rings (SSSR count). The van der Waals surface area contributed by atoms with Crippen molar-refractivity contribution in [2.24, 2.45) is 0 Å². The summed E-state index contributed by atoms with van der Waals surface area (Å²) >= 11 is 1.81. The van der Waals surface area contributed by atoms with Gasteiger partial charge in [-0.05, 0) is 24.0 Å². The van der Waals surface area contributed by atoms with Crippen LogP contribution >= 0.6 is 11.8 Å². The summed E-state index contributed by atoms with van der Waals surface area (Å²) in [5.74, 6) is 1.79. The van der Waals surface area contributed by atoms with Crippen LogP contribution in [-0.2, 0) is 5.75 Å². The number of nitrogens with one attached hydrogen (secondary N) is 2. The summed E-state index contributed by atoms with van der Waals surface area (Å²) in [6, 6.07) is 8.35. The van der Waals surface area contributed by atoms with E-state index in [0.29, 0.717) is 0 Å². The molecule has 0 bridgehead atoms. The van der Waals surface area contributed by atoms with E-state index in [1.807, 2.05) is 11.8 Å². The Morgan fingerprint density at radius 1 is 1.21 bits per heavy atom. The first-order chi connectivity index (χ1) is 9.36. The summed E-state index contributed by atoms with van der Waals surface area (Å²) < 4.78 is 0. The lowest BCUT2D eigenvalue weighted by Crippen LogP contribution is -1.95. The van der Waals surface area contributed by atoms with Gasteiger partial charge in [0.05, 0.1) is 11.6 Å². The number of fused-ring (bicyclic) bond motifs is 1. The molecule has 6 heteroatoms. The van der Waals surface area contributed by atoms with E-state index in [2.05, 4.69) is 56.0 Å². The van der Waals surface area contributed by atoms with Gasteiger partial charge in [-0.1, -0.05) is 12.1 Å². The van der Waals surface area contributed by atoms with Gasteiger partial charge in [0.25, 0.3) is 0 Å². The van der Waals surface area contributed by atoms with Crippen LogP contribution in [0.1, 0.15) is 5.56 Å². The third kappa shape index (κ3) is 2.53. The minimum Gasteiger partial charge on any atom is -0.340 e. The Kier molecular flexibility index (Phi) is 3.33. The van der Waals surface area contributed by atoms with Crippen LogP contribution in [0.5, 0.6) is 0 Å². The van der Waals surface area contributed by atoms with Crippen LogP contribution in [0.15, 0.2) is 36.8 Å². The van der Waals surface area contributed by atoms with E-state index in [0.717, 1.165) is 28.3 Å². The maximum absolute atomic E-state index is 4.25. The highest BCUT2D eigenvalue weighted by Gasteiger charge is 2.05. The molecule has 0 spiro atoms. The first-order valence-corrected chi connectivity index (χ1v) is 7.25. The van der Waals surface area contributed by atoms with Crippen molar-refractivity contribution in [3.05, 3.63) is 42.4 Å². The predicted octanol–water partition coefficient (Wildman–Crippen LogP) is 2.96. The summed E-state index contributed by atoms with van der Waals surface area (Å²) in [6.07, 6.45) is 5.34. The molecule has 0 aliphatic heterocycles. The number of anilines is 2. The largest absolute Gasteiger partial charge is 0.340 e. The van der Waals surface area contributed by atoms with Gasteiger partial charge in [0, 0.05) is 11.4 Å². The predicted molar refractivity (Wildman–Crippen MR) is 78.6 cm³/mol. The highest BCUT2D eigenvalue weighted by Crippen LogP contribution is 2.22. The second-order valence-electron chi connectivity index (χ2n) is 4.11. The van der Waals surface area contributed by atoms with Crippen molar-refractivity contribution < 1.29 is 0 Å². The van der Waals surface area contributed by atoms with Crippen molar-refractivity contribution in [2.75, 3.05) is 11.6 Å². The second-order valence-corrected chi connectivity index (χ2v) is 4.98. The second kappa shape index (κ2) is 5.27. The Bertz CT molecular complexity index is 677. The van der Waals surface area contributed by atoms with E-state index in [1.54, 1.807) is 6.20 Å². The number of hydrogen-bond acceptors (Lipinski definition) is 5. The van der Waals surface area contributed by atoms with Crippen molar-refractivity contribution >= 4 is 34.3 Å². The number of thioether (sulfide) groups is 1. The first-order valence-electron chi connectivity index (χ1n) is 5.86. The fourth-order valence-electron chi connectivity index (χ4n) is 1.85. The van der Waals surface area contributed by atoms with Gasteiger partial charge in [0.15, 0.2) is 5.65 Å². The molecular weight excluding hydrogens is 258 g/mol. The standard InChI is InChI=1S/C13H13N5S/c1-19-7-9-2-4-10(5-3-9)17-12-11-6-16-18-13(11)15-8-14-12/h2-6,8H,7H2,1H3,(H2,14,15,16,17,18). The zero-order valence-electron chi connectivity index (χ0n) is 10.4. The van der Waals surface area contributed by atoms with Crippen LogP contribution in [0, 0.1) is 0 Å². The Hall–Kier alpha value is -2.08. The van der Waals surface area contributed by atoms with Crippen molar-refractivity contribution in [3.63, 3.8) is 0 Å². The van der Waals surface area contributed by atoms with Crippen LogP contribution in [0.4, 0.5) is 11.5 Å². The molecule has 1 aromatic carbocycles. The third-order valence-electron chi connectivity index (χ3n) is 2.78. The lowest BCUT2D eigenvalue weighted by molar-refractivity contribution is 1.09. The highest BCUT2D eigenvalue weighted by atomic mass is 32.2. The maximum atomic E-state index is 4.25. The molecule has 3 aromatic rings. The fourth-order valence-corrected chi connectivity index (χ4v) is 2.38. The quantitative estimate of drug-likeness (QED) is 0.763. The van der Waals surface area contributed by atoms with E-state index in [9.17, 15) is 0 Å². The lowest BCUT2D eigenvalue weighted by atomic mass is 10.2. The van der Waals surface area contributed by atoms with E-state index in [1.165, 1.54) is 11.9 Å². The van der Waals surface area contributed by atoms with Gasteiger partial charge in [-0.25, -0.2) is 9.97 Å². The van der Waals surface area contributed by atoms with Crippen LogP contribution < -0.4 is 5.32 Å². The molecule has 96 valence electrons. The highest BCUT2D eigenvalue weighted by molar-refractivity contribution is 7.97. The number of nitrogens with zero attached hydrogens (tertiary/aromatic N) is 3. The molecular formula is C13H13N5S. The molecule has 2 N–H and O–H groups in total. The van der Waals surface area contributed by atoms with Crippen molar-refractivity contribution in [3.8, 4) is 0 Å². The number of hydrogen-bond donors (Lipinski definition) is 2. The Morgan fingerprint density at radius 2 is 2.05 bits per heavy atom. The van der Waals surface area contributed by atoms with Crippen LogP contribution in [0.3, 0.4) is 0 Å². The van der Waals surface area contributed by atoms with Gasteiger partial charge in [0.2, 0.25) is 0 Å². The SMILES string of the molecule is CSCc1ccc(Nc2ncnc3[nH]ncc23)cc1. The van der Waals surface area contributed by atoms with E-state index in [4.69, 9.17) is 0 Å². The van der Waals surface area contributed by atoms with Crippen molar-refractivity contribution in [1.29, 1.82) is 0 Å². The molecule has 5 nitrogen and oxygen atoms in total. The normalized spacial score (nSPS) is 10.8. The van der Waals surface area contributed by atoms with Gasteiger partial charge >= 0.3 is 0 Å². The number of H-pyrrole nitrogens is 1. The molecule has 0 unspecified atom stereocenters. The Balaban J connectivity index is 1.86.